The molecule has 0 aromatic carbocycles. The normalized spacial score (nSPS) is 41.7. The molecule has 0 spiro atoms. The van der Waals surface area contributed by atoms with Crippen molar-refractivity contribution in [2.24, 2.45) is 11.8 Å². The lowest BCUT2D eigenvalue weighted by atomic mass is 10.1. The molecule has 1 saturated heterocycles. The first-order chi connectivity index (χ1) is 5.16. The predicted molar refractivity (Wildman–Crippen MR) is 54.3 cm³/mol. The van der Waals surface area contributed by atoms with Gasteiger partial charge in [-0.2, -0.15) is 0 Å². The van der Waals surface area contributed by atoms with E-state index in [1.807, 2.05) is 0 Å². The van der Waals surface area contributed by atoms with Gasteiger partial charge in [0, 0.05) is 12.5 Å². The Morgan fingerprint density at radius 2 is 2.18 bits per heavy atom. The fraction of sp³-hybridized carbons (Fsp3) is 1.00. The summed E-state index contributed by atoms with van der Waals surface area (Å²) in [5.74, 6) is 1.75. The molecule has 1 aliphatic carbocycles. The van der Waals surface area contributed by atoms with Crippen LogP contribution in [0.1, 0.15) is 13.3 Å². The second-order valence-electron chi connectivity index (χ2n) is 3.57. The van der Waals surface area contributed by atoms with Crippen LogP contribution in [-0.4, -0.2) is 27.8 Å². The third-order valence-electron chi connectivity index (χ3n) is 3.02. The molecule has 1 nitrogen and oxygen atoms in total. The van der Waals surface area contributed by atoms with Crippen LogP contribution in [0, 0.1) is 11.8 Å². The Kier molecular flexibility index (Phi) is 2.10. The summed E-state index contributed by atoms with van der Waals surface area (Å²) in [6.07, 6.45) is 1.36. The van der Waals surface area contributed by atoms with E-state index < -0.39 is 0 Å². The van der Waals surface area contributed by atoms with Crippen molar-refractivity contribution in [1.29, 1.82) is 0 Å². The maximum Gasteiger partial charge on any atom is 0.0881 e. The van der Waals surface area contributed by atoms with Gasteiger partial charge in [-0.25, -0.2) is 0 Å². The number of halogens is 2. The van der Waals surface area contributed by atoms with Crippen molar-refractivity contribution < 1.29 is 0 Å². The molecular formula is C8H13Br2N. The Labute approximate surface area is 84.8 Å². The van der Waals surface area contributed by atoms with E-state index in [-0.39, 0.29) is 0 Å². The van der Waals surface area contributed by atoms with Gasteiger partial charge in [0.15, 0.2) is 0 Å². The van der Waals surface area contributed by atoms with Crippen molar-refractivity contribution in [2.45, 2.75) is 16.6 Å². The van der Waals surface area contributed by atoms with E-state index in [0.29, 0.717) is 3.23 Å². The largest absolute Gasteiger partial charge is 0.303 e. The summed E-state index contributed by atoms with van der Waals surface area (Å²) in [7, 11) is 0. The van der Waals surface area contributed by atoms with Crippen LogP contribution >= 0.6 is 31.9 Å². The van der Waals surface area contributed by atoms with Crippen LogP contribution < -0.4 is 0 Å². The highest BCUT2D eigenvalue weighted by Gasteiger charge is 2.62. The number of hydrogen-bond donors (Lipinski definition) is 0. The topological polar surface area (TPSA) is 3.24 Å². The highest BCUT2D eigenvalue weighted by atomic mass is 79.9. The Bertz CT molecular complexity index is 169. The molecule has 2 fully saturated rings. The van der Waals surface area contributed by atoms with Crippen LogP contribution in [0.15, 0.2) is 0 Å². The van der Waals surface area contributed by atoms with Crippen molar-refractivity contribution in [3.8, 4) is 0 Å². The second-order valence-corrected chi connectivity index (χ2v) is 7.26. The maximum absolute atomic E-state index is 3.73. The first kappa shape index (κ1) is 8.52. The summed E-state index contributed by atoms with van der Waals surface area (Å²) < 4.78 is 0.309. The fourth-order valence-corrected chi connectivity index (χ4v) is 3.84. The molecule has 0 aromatic heterocycles. The van der Waals surface area contributed by atoms with Gasteiger partial charge in [-0.1, -0.05) is 38.8 Å². The lowest BCUT2D eigenvalue weighted by Gasteiger charge is -2.23. The molecule has 0 amide bonds. The SMILES string of the molecule is CCN1CCC2C(C1)C2(Br)Br. The first-order valence-corrected chi connectivity index (χ1v) is 5.85. The molecule has 2 rings (SSSR count). The highest BCUT2D eigenvalue weighted by Crippen LogP contribution is 2.64. The molecule has 1 heterocycles. The molecule has 0 radical (unpaired) electrons. The smallest absolute Gasteiger partial charge is 0.0881 e. The summed E-state index contributed by atoms with van der Waals surface area (Å²) in [5.41, 5.74) is 0. The van der Waals surface area contributed by atoms with Crippen molar-refractivity contribution >= 4 is 31.9 Å². The van der Waals surface area contributed by atoms with E-state index in [2.05, 4.69) is 43.7 Å². The number of piperidine rings is 1. The quantitative estimate of drug-likeness (QED) is 0.668. The molecule has 11 heavy (non-hydrogen) atoms. The van der Waals surface area contributed by atoms with Crippen LogP contribution in [0.3, 0.4) is 0 Å². The van der Waals surface area contributed by atoms with Crippen LogP contribution in [0.2, 0.25) is 0 Å². The van der Waals surface area contributed by atoms with Crippen molar-refractivity contribution in [3.05, 3.63) is 0 Å². The van der Waals surface area contributed by atoms with Crippen LogP contribution in [0.4, 0.5) is 0 Å². The summed E-state index contributed by atoms with van der Waals surface area (Å²) in [6, 6.07) is 0. The van der Waals surface area contributed by atoms with Gasteiger partial charge in [0.25, 0.3) is 0 Å². The lowest BCUT2D eigenvalue weighted by Crippen LogP contribution is -2.31. The number of alkyl halides is 2. The average Bonchev–Trinajstić information content (AvgIpc) is 2.55. The van der Waals surface area contributed by atoms with Crippen molar-refractivity contribution in [1.82, 2.24) is 4.90 Å². The van der Waals surface area contributed by atoms with Gasteiger partial charge in [-0.3, -0.25) is 0 Å². The lowest BCUT2D eigenvalue weighted by molar-refractivity contribution is 0.230. The number of fused-ring (bicyclic) bond motifs is 1. The Balaban J connectivity index is 1.97. The first-order valence-electron chi connectivity index (χ1n) is 4.26. The van der Waals surface area contributed by atoms with Crippen molar-refractivity contribution in [3.63, 3.8) is 0 Å². The molecular weight excluding hydrogens is 270 g/mol. The minimum Gasteiger partial charge on any atom is -0.303 e. The molecule has 0 aromatic rings. The zero-order valence-electron chi connectivity index (χ0n) is 6.69. The minimum atomic E-state index is 0.309. The van der Waals surface area contributed by atoms with Crippen LogP contribution in [0.5, 0.6) is 0 Å². The van der Waals surface area contributed by atoms with Gasteiger partial charge in [0.05, 0.1) is 3.23 Å². The average molecular weight is 283 g/mol. The number of nitrogens with zero attached hydrogens (tertiary/aromatic N) is 1. The minimum absolute atomic E-state index is 0.309. The van der Waals surface area contributed by atoms with E-state index in [0.717, 1.165) is 11.8 Å². The predicted octanol–water partition coefficient (Wildman–Crippen LogP) is 2.44. The zero-order chi connectivity index (χ0) is 8.06. The Morgan fingerprint density at radius 3 is 2.73 bits per heavy atom. The van der Waals surface area contributed by atoms with Gasteiger partial charge in [-0.15, -0.1) is 0 Å². The molecule has 2 aliphatic rings. The van der Waals surface area contributed by atoms with Gasteiger partial charge in [-0.05, 0) is 25.4 Å². The summed E-state index contributed by atoms with van der Waals surface area (Å²) in [4.78, 5) is 2.53. The van der Waals surface area contributed by atoms with Gasteiger partial charge >= 0.3 is 0 Å². The molecule has 0 bridgehead atoms. The molecule has 2 atom stereocenters. The van der Waals surface area contributed by atoms with E-state index in [9.17, 15) is 0 Å². The zero-order valence-corrected chi connectivity index (χ0v) is 9.86. The third kappa shape index (κ3) is 1.29. The standard InChI is InChI=1S/C8H13Br2N/c1-2-11-4-3-6-7(5-11)8(6,9)10/h6-7H,2-5H2,1H3. The van der Waals surface area contributed by atoms with E-state index in [4.69, 9.17) is 0 Å². The van der Waals surface area contributed by atoms with Crippen LogP contribution in [0.25, 0.3) is 0 Å². The van der Waals surface area contributed by atoms with Gasteiger partial charge < -0.3 is 4.90 Å². The number of likely N-dealkylation sites (tertiary alicyclic amines) is 1. The molecule has 1 saturated carbocycles. The van der Waals surface area contributed by atoms with E-state index in [1.165, 1.54) is 26.1 Å². The number of hydrogen-bond acceptors (Lipinski definition) is 1. The van der Waals surface area contributed by atoms with Gasteiger partial charge in [0.1, 0.15) is 0 Å². The maximum atomic E-state index is 3.73. The fourth-order valence-electron chi connectivity index (χ4n) is 2.08. The summed E-state index contributed by atoms with van der Waals surface area (Å²) >= 11 is 7.45. The van der Waals surface area contributed by atoms with Gasteiger partial charge in [0.2, 0.25) is 0 Å². The van der Waals surface area contributed by atoms with E-state index >= 15 is 0 Å². The molecule has 0 N–H and O–H groups in total. The highest BCUT2D eigenvalue weighted by molar-refractivity contribution is 9.25. The van der Waals surface area contributed by atoms with Crippen molar-refractivity contribution in [2.75, 3.05) is 19.6 Å². The molecule has 2 unspecified atom stereocenters. The second kappa shape index (κ2) is 2.71. The number of rotatable bonds is 1. The molecule has 1 aliphatic heterocycles. The Morgan fingerprint density at radius 1 is 1.45 bits per heavy atom. The molecule has 3 heteroatoms. The summed E-state index contributed by atoms with van der Waals surface area (Å²) in [5, 5.41) is 0. The monoisotopic (exact) mass is 281 g/mol. The third-order valence-corrected chi connectivity index (χ3v) is 5.38. The summed E-state index contributed by atoms with van der Waals surface area (Å²) in [6.45, 7) is 6.01. The van der Waals surface area contributed by atoms with Crippen LogP contribution in [-0.2, 0) is 0 Å². The molecule has 64 valence electrons. The van der Waals surface area contributed by atoms with E-state index in [1.54, 1.807) is 0 Å². The Hall–Kier alpha value is 0.920.